The number of rotatable bonds is 6. The summed E-state index contributed by atoms with van der Waals surface area (Å²) in [6.07, 6.45) is 0. The first-order chi connectivity index (χ1) is 11.5. The normalized spacial score (nSPS) is 10.2. The number of Topliss-reactive ketones (excluding diaryl/α,β-unsaturated/α-hetero) is 1. The van der Waals surface area contributed by atoms with Crippen molar-refractivity contribution in [1.29, 1.82) is 0 Å². The molecule has 0 saturated heterocycles. The molecule has 7 heteroatoms. The fourth-order valence-corrected chi connectivity index (χ4v) is 2.54. The fourth-order valence-electron chi connectivity index (χ4n) is 2.02. The van der Waals surface area contributed by atoms with Crippen molar-refractivity contribution in [3.05, 3.63) is 57.6 Å². The fraction of sp³-hybridized carbons (Fsp3) is 0.176. The molecule has 0 unspecified atom stereocenters. The van der Waals surface area contributed by atoms with Gasteiger partial charge in [0.15, 0.2) is 18.1 Å². The Morgan fingerprint density at radius 1 is 1.00 bits per heavy atom. The number of esters is 1. The number of ether oxygens (including phenoxy) is 3. The van der Waals surface area contributed by atoms with E-state index in [4.69, 9.17) is 37.4 Å². The number of hydrogen-bond acceptors (Lipinski definition) is 5. The molecule has 0 fully saturated rings. The van der Waals surface area contributed by atoms with Crippen molar-refractivity contribution in [1.82, 2.24) is 0 Å². The number of carbonyl (C=O) groups is 2. The van der Waals surface area contributed by atoms with E-state index >= 15 is 0 Å². The van der Waals surface area contributed by atoms with Gasteiger partial charge in [-0.05, 0) is 24.3 Å². The van der Waals surface area contributed by atoms with Gasteiger partial charge in [0.05, 0.1) is 29.8 Å². The van der Waals surface area contributed by atoms with Gasteiger partial charge in [0.25, 0.3) is 0 Å². The van der Waals surface area contributed by atoms with Crippen LogP contribution in [-0.4, -0.2) is 32.6 Å². The average molecular weight is 369 g/mol. The third kappa shape index (κ3) is 3.99. The molecular formula is C17H14Cl2O5. The van der Waals surface area contributed by atoms with Crippen LogP contribution in [0.2, 0.25) is 10.0 Å². The standard InChI is InChI=1S/C17H14Cl2O5/c1-22-15-8-10(7-13(19)16(15)23-2)17(21)24-9-14(20)11-5-3-4-6-12(11)18/h3-8H,9H2,1-2H3. The Bertz CT molecular complexity index is 774. The summed E-state index contributed by atoms with van der Waals surface area (Å²) in [7, 11) is 2.86. The zero-order valence-corrected chi connectivity index (χ0v) is 14.5. The molecular weight excluding hydrogens is 355 g/mol. The molecule has 0 aliphatic carbocycles. The Balaban J connectivity index is 2.12. The molecule has 0 spiro atoms. The number of carbonyl (C=O) groups excluding carboxylic acids is 2. The second-order valence-electron chi connectivity index (χ2n) is 4.67. The summed E-state index contributed by atoms with van der Waals surface area (Å²) in [4.78, 5) is 24.2. The minimum absolute atomic E-state index is 0.143. The number of halogens is 2. The quantitative estimate of drug-likeness (QED) is 0.568. The number of ketones is 1. The van der Waals surface area contributed by atoms with E-state index in [1.165, 1.54) is 26.4 Å². The summed E-state index contributed by atoms with van der Waals surface area (Å²) in [6, 6.07) is 9.33. The molecule has 0 heterocycles. The first-order valence-corrected chi connectivity index (χ1v) is 7.60. The first-order valence-electron chi connectivity index (χ1n) is 6.84. The van der Waals surface area contributed by atoms with Crippen molar-refractivity contribution < 1.29 is 23.8 Å². The van der Waals surface area contributed by atoms with Gasteiger partial charge >= 0.3 is 5.97 Å². The van der Waals surface area contributed by atoms with Crippen LogP contribution in [0.3, 0.4) is 0 Å². The van der Waals surface area contributed by atoms with Crippen molar-refractivity contribution in [2.24, 2.45) is 0 Å². The number of hydrogen-bond donors (Lipinski definition) is 0. The summed E-state index contributed by atoms with van der Waals surface area (Å²) < 4.78 is 15.2. The minimum atomic E-state index is -0.710. The zero-order valence-electron chi connectivity index (χ0n) is 13.0. The maximum absolute atomic E-state index is 12.1. The van der Waals surface area contributed by atoms with E-state index in [0.717, 1.165) is 0 Å². The van der Waals surface area contributed by atoms with E-state index in [2.05, 4.69) is 0 Å². The van der Waals surface area contributed by atoms with Crippen LogP contribution in [0.15, 0.2) is 36.4 Å². The lowest BCUT2D eigenvalue weighted by Gasteiger charge is -2.11. The lowest BCUT2D eigenvalue weighted by Crippen LogP contribution is -2.14. The maximum Gasteiger partial charge on any atom is 0.338 e. The smallest absolute Gasteiger partial charge is 0.338 e. The molecule has 0 aromatic heterocycles. The Morgan fingerprint density at radius 2 is 1.71 bits per heavy atom. The van der Waals surface area contributed by atoms with Crippen LogP contribution < -0.4 is 9.47 Å². The second-order valence-corrected chi connectivity index (χ2v) is 5.49. The van der Waals surface area contributed by atoms with E-state index in [1.807, 2.05) is 0 Å². The van der Waals surface area contributed by atoms with Crippen molar-refractivity contribution in [2.75, 3.05) is 20.8 Å². The Labute approximate surface area is 149 Å². The molecule has 0 bridgehead atoms. The van der Waals surface area contributed by atoms with Crippen molar-refractivity contribution in [3.8, 4) is 11.5 Å². The topological polar surface area (TPSA) is 61.8 Å². The molecule has 0 aliphatic rings. The Kier molecular flexibility index (Phi) is 6.06. The van der Waals surface area contributed by atoms with E-state index < -0.39 is 18.4 Å². The lowest BCUT2D eigenvalue weighted by atomic mass is 10.1. The molecule has 126 valence electrons. The van der Waals surface area contributed by atoms with Gasteiger partial charge in [-0.2, -0.15) is 0 Å². The van der Waals surface area contributed by atoms with Crippen LogP contribution in [0, 0.1) is 0 Å². The van der Waals surface area contributed by atoms with Crippen LogP contribution in [0.1, 0.15) is 20.7 Å². The van der Waals surface area contributed by atoms with E-state index in [0.29, 0.717) is 10.8 Å². The van der Waals surface area contributed by atoms with Gasteiger partial charge in [0.2, 0.25) is 5.78 Å². The van der Waals surface area contributed by atoms with E-state index in [-0.39, 0.29) is 21.9 Å². The Morgan fingerprint density at radius 3 is 2.33 bits per heavy atom. The SMILES string of the molecule is COc1cc(C(=O)OCC(=O)c2ccccc2Cl)cc(Cl)c1OC. The van der Waals surface area contributed by atoms with Gasteiger partial charge in [0.1, 0.15) is 0 Å². The minimum Gasteiger partial charge on any atom is -0.493 e. The van der Waals surface area contributed by atoms with Crippen LogP contribution in [0.25, 0.3) is 0 Å². The van der Waals surface area contributed by atoms with Crippen LogP contribution >= 0.6 is 23.2 Å². The molecule has 5 nitrogen and oxygen atoms in total. The summed E-state index contributed by atoms with van der Waals surface area (Å²) in [5.74, 6) is -0.518. The highest BCUT2D eigenvalue weighted by atomic mass is 35.5. The van der Waals surface area contributed by atoms with Crippen molar-refractivity contribution >= 4 is 35.0 Å². The predicted octanol–water partition coefficient (Wildman–Crippen LogP) is 4.05. The van der Waals surface area contributed by atoms with Gasteiger partial charge < -0.3 is 14.2 Å². The molecule has 0 saturated carbocycles. The van der Waals surface area contributed by atoms with Gasteiger partial charge in [-0.1, -0.05) is 35.3 Å². The second kappa shape index (κ2) is 8.04. The third-order valence-corrected chi connectivity index (χ3v) is 3.79. The number of benzene rings is 2. The molecule has 0 atom stereocenters. The van der Waals surface area contributed by atoms with Gasteiger partial charge in [0, 0.05) is 5.56 Å². The summed E-state index contributed by atoms with van der Waals surface area (Å²) in [5, 5.41) is 0.494. The lowest BCUT2D eigenvalue weighted by molar-refractivity contribution is 0.0474. The maximum atomic E-state index is 12.1. The van der Waals surface area contributed by atoms with Crippen molar-refractivity contribution in [2.45, 2.75) is 0 Å². The Hall–Kier alpha value is -2.24. The monoisotopic (exact) mass is 368 g/mol. The van der Waals surface area contributed by atoms with Gasteiger partial charge in [-0.15, -0.1) is 0 Å². The highest BCUT2D eigenvalue weighted by molar-refractivity contribution is 6.34. The molecule has 24 heavy (non-hydrogen) atoms. The van der Waals surface area contributed by atoms with Gasteiger partial charge in [-0.25, -0.2) is 4.79 Å². The van der Waals surface area contributed by atoms with Crippen molar-refractivity contribution in [3.63, 3.8) is 0 Å². The highest BCUT2D eigenvalue weighted by Crippen LogP contribution is 2.36. The van der Waals surface area contributed by atoms with Crippen LogP contribution in [0.5, 0.6) is 11.5 Å². The summed E-state index contributed by atoms with van der Waals surface area (Å²) in [5.41, 5.74) is 0.432. The molecule has 0 N–H and O–H groups in total. The average Bonchev–Trinajstić information content (AvgIpc) is 2.58. The predicted molar refractivity (Wildman–Crippen MR) is 90.6 cm³/mol. The van der Waals surface area contributed by atoms with Crippen LogP contribution in [0.4, 0.5) is 0 Å². The summed E-state index contributed by atoms with van der Waals surface area (Å²) >= 11 is 12.0. The zero-order chi connectivity index (χ0) is 17.7. The first kappa shape index (κ1) is 18.1. The number of methoxy groups -OCH3 is 2. The molecule has 0 amide bonds. The molecule has 0 aliphatic heterocycles. The molecule has 0 radical (unpaired) electrons. The van der Waals surface area contributed by atoms with E-state index in [1.54, 1.807) is 24.3 Å². The van der Waals surface area contributed by atoms with E-state index in [9.17, 15) is 9.59 Å². The molecule has 2 aromatic rings. The summed E-state index contributed by atoms with van der Waals surface area (Å²) in [6.45, 7) is -0.436. The van der Waals surface area contributed by atoms with Gasteiger partial charge in [-0.3, -0.25) is 4.79 Å². The van der Waals surface area contributed by atoms with Crippen LogP contribution in [-0.2, 0) is 4.74 Å². The largest absolute Gasteiger partial charge is 0.493 e. The molecule has 2 aromatic carbocycles. The highest BCUT2D eigenvalue weighted by Gasteiger charge is 2.18. The third-order valence-electron chi connectivity index (χ3n) is 3.18. The molecule has 2 rings (SSSR count).